The molecular formula is C18H22N4O3. The SMILES string of the molecule is O=C(c1ccc2c(=O)[nH]ncc2c1)N1CCN([C@@H]2CCC[C@H]2O)CC1. The van der Waals surface area contributed by atoms with Crippen molar-refractivity contribution in [1.29, 1.82) is 0 Å². The van der Waals surface area contributed by atoms with Crippen LogP contribution in [0.1, 0.15) is 29.6 Å². The molecule has 2 atom stereocenters. The number of carbonyl (C=O) groups excluding carboxylic acids is 1. The zero-order valence-corrected chi connectivity index (χ0v) is 14.0. The van der Waals surface area contributed by atoms with Gasteiger partial charge < -0.3 is 10.0 Å². The summed E-state index contributed by atoms with van der Waals surface area (Å²) in [4.78, 5) is 28.6. The standard InChI is InChI=1S/C18H22N4O3/c23-16-3-1-2-15(16)21-6-8-22(9-7-21)18(25)12-4-5-14-13(10-12)11-19-20-17(14)24/h4-5,10-11,15-16,23H,1-3,6-9H2,(H,20,24)/t15-,16-/m1/s1. The monoisotopic (exact) mass is 342 g/mol. The van der Waals surface area contributed by atoms with Crippen LogP contribution in [0.3, 0.4) is 0 Å². The van der Waals surface area contributed by atoms with Crippen molar-refractivity contribution in [2.75, 3.05) is 26.2 Å². The Morgan fingerprint density at radius 1 is 1.20 bits per heavy atom. The Kier molecular flexibility index (Phi) is 4.27. The molecule has 1 saturated heterocycles. The Balaban J connectivity index is 1.46. The molecular weight excluding hydrogens is 320 g/mol. The minimum atomic E-state index is -0.250. The molecule has 0 bridgehead atoms. The van der Waals surface area contributed by atoms with Gasteiger partial charge >= 0.3 is 0 Å². The molecule has 1 aromatic carbocycles. The highest BCUT2D eigenvalue weighted by Gasteiger charge is 2.33. The van der Waals surface area contributed by atoms with Crippen molar-refractivity contribution in [2.45, 2.75) is 31.4 Å². The molecule has 0 radical (unpaired) electrons. The summed E-state index contributed by atoms with van der Waals surface area (Å²) >= 11 is 0. The minimum absolute atomic E-state index is 0.0196. The molecule has 1 amide bonds. The molecule has 2 aliphatic rings. The van der Waals surface area contributed by atoms with Crippen LogP contribution in [-0.2, 0) is 0 Å². The van der Waals surface area contributed by atoms with E-state index in [1.165, 1.54) is 0 Å². The maximum atomic E-state index is 12.8. The predicted molar refractivity (Wildman–Crippen MR) is 93.5 cm³/mol. The highest BCUT2D eigenvalue weighted by Crippen LogP contribution is 2.25. The van der Waals surface area contributed by atoms with Gasteiger partial charge in [0.15, 0.2) is 0 Å². The first-order chi connectivity index (χ1) is 12.1. The van der Waals surface area contributed by atoms with E-state index in [9.17, 15) is 14.7 Å². The predicted octanol–water partition coefficient (Wildman–Crippen LogP) is 0.594. The van der Waals surface area contributed by atoms with Gasteiger partial charge in [-0.1, -0.05) is 0 Å². The molecule has 2 N–H and O–H groups in total. The van der Waals surface area contributed by atoms with E-state index < -0.39 is 0 Å². The van der Waals surface area contributed by atoms with Crippen LogP contribution in [0.2, 0.25) is 0 Å². The topological polar surface area (TPSA) is 89.5 Å². The molecule has 2 fully saturated rings. The Labute approximate surface area is 145 Å². The summed E-state index contributed by atoms with van der Waals surface area (Å²) in [6, 6.07) is 5.35. The number of aromatic nitrogens is 2. The van der Waals surface area contributed by atoms with Gasteiger partial charge in [0, 0.05) is 43.2 Å². The van der Waals surface area contributed by atoms with Gasteiger partial charge in [-0.15, -0.1) is 0 Å². The summed E-state index contributed by atoms with van der Waals surface area (Å²) in [6.45, 7) is 2.91. The number of amides is 1. The van der Waals surface area contributed by atoms with E-state index in [0.29, 0.717) is 29.4 Å². The highest BCUT2D eigenvalue weighted by atomic mass is 16.3. The molecule has 1 aromatic heterocycles. The maximum absolute atomic E-state index is 12.8. The van der Waals surface area contributed by atoms with Gasteiger partial charge in [0.2, 0.25) is 0 Å². The Morgan fingerprint density at radius 2 is 2.00 bits per heavy atom. The second kappa shape index (κ2) is 6.57. The van der Waals surface area contributed by atoms with Gasteiger partial charge in [0.1, 0.15) is 0 Å². The van der Waals surface area contributed by atoms with Crippen molar-refractivity contribution in [3.05, 3.63) is 40.3 Å². The molecule has 2 aromatic rings. The third kappa shape index (κ3) is 3.05. The van der Waals surface area contributed by atoms with E-state index in [2.05, 4.69) is 15.1 Å². The van der Waals surface area contributed by atoms with E-state index in [-0.39, 0.29) is 23.6 Å². The van der Waals surface area contributed by atoms with Gasteiger partial charge in [-0.25, -0.2) is 5.10 Å². The zero-order valence-electron chi connectivity index (χ0n) is 14.0. The second-order valence-corrected chi connectivity index (χ2v) is 6.89. The van der Waals surface area contributed by atoms with Gasteiger partial charge in [-0.3, -0.25) is 14.5 Å². The molecule has 4 rings (SSSR count). The van der Waals surface area contributed by atoms with E-state index in [1.807, 2.05) is 4.90 Å². The third-order valence-corrected chi connectivity index (χ3v) is 5.43. The number of benzene rings is 1. The molecule has 0 unspecified atom stereocenters. The van der Waals surface area contributed by atoms with E-state index in [4.69, 9.17) is 0 Å². The first-order valence-corrected chi connectivity index (χ1v) is 8.82. The molecule has 132 valence electrons. The lowest BCUT2D eigenvalue weighted by Gasteiger charge is -2.39. The van der Waals surface area contributed by atoms with Crippen molar-refractivity contribution in [1.82, 2.24) is 20.0 Å². The van der Waals surface area contributed by atoms with Gasteiger partial charge in [0.05, 0.1) is 17.7 Å². The van der Waals surface area contributed by atoms with Crippen molar-refractivity contribution >= 4 is 16.7 Å². The maximum Gasteiger partial charge on any atom is 0.272 e. The van der Waals surface area contributed by atoms with E-state index in [1.54, 1.807) is 24.4 Å². The normalized spacial score (nSPS) is 24.8. The molecule has 2 heterocycles. The van der Waals surface area contributed by atoms with E-state index >= 15 is 0 Å². The average molecular weight is 342 g/mol. The smallest absolute Gasteiger partial charge is 0.272 e. The Hall–Kier alpha value is -2.25. The molecule has 1 aliphatic carbocycles. The van der Waals surface area contributed by atoms with Crippen molar-refractivity contribution in [2.24, 2.45) is 0 Å². The first-order valence-electron chi connectivity index (χ1n) is 8.82. The summed E-state index contributed by atoms with van der Waals surface area (Å²) in [6.07, 6.45) is 4.34. The quantitative estimate of drug-likeness (QED) is 0.834. The van der Waals surface area contributed by atoms with Crippen LogP contribution >= 0.6 is 0 Å². The van der Waals surface area contributed by atoms with Gasteiger partial charge in [0.25, 0.3) is 11.5 Å². The lowest BCUT2D eigenvalue weighted by Crippen LogP contribution is -2.53. The summed E-state index contributed by atoms with van der Waals surface area (Å²) in [5, 5.41) is 17.5. The average Bonchev–Trinajstić information content (AvgIpc) is 3.07. The Bertz CT molecular complexity index is 842. The lowest BCUT2D eigenvalue weighted by atomic mass is 10.1. The zero-order chi connectivity index (χ0) is 17.4. The van der Waals surface area contributed by atoms with Crippen LogP contribution in [0.25, 0.3) is 10.8 Å². The molecule has 7 nitrogen and oxygen atoms in total. The summed E-state index contributed by atoms with van der Waals surface area (Å²) in [5.41, 5.74) is 0.328. The number of nitrogens with zero attached hydrogens (tertiary/aromatic N) is 3. The first kappa shape index (κ1) is 16.2. The fourth-order valence-corrected chi connectivity index (χ4v) is 4.02. The number of aliphatic hydroxyl groups excluding tert-OH is 1. The van der Waals surface area contributed by atoms with Crippen LogP contribution in [0, 0.1) is 0 Å². The van der Waals surface area contributed by atoms with Crippen molar-refractivity contribution in [3.63, 3.8) is 0 Å². The number of aliphatic hydroxyl groups is 1. The minimum Gasteiger partial charge on any atom is -0.391 e. The molecule has 1 aliphatic heterocycles. The van der Waals surface area contributed by atoms with Gasteiger partial charge in [-0.05, 0) is 37.5 Å². The largest absolute Gasteiger partial charge is 0.391 e. The van der Waals surface area contributed by atoms with E-state index in [0.717, 1.165) is 32.4 Å². The summed E-state index contributed by atoms with van der Waals surface area (Å²) in [5.74, 6) is -0.0196. The number of carbonyl (C=O) groups is 1. The highest BCUT2D eigenvalue weighted by molar-refractivity contribution is 5.98. The fourth-order valence-electron chi connectivity index (χ4n) is 4.02. The Morgan fingerprint density at radius 3 is 2.72 bits per heavy atom. The second-order valence-electron chi connectivity index (χ2n) is 6.89. The third-order valence-electron chi connectivity index (χ3n) is 5.43. The summed E-state index contributed by atoms with van der Waals surface area (Å²) < 4.78 is 0. The molecule has 7 heteroatoms. The molecule has 25 heavy (non-hydrogen) atoms. The number of H-pyrrole nitrogens is 1. The number of nitrogens with one attached hydrogen (secondary N) is 1. The lowest BCUT2D eigenvalue weighted by molar-refractivity contribution is 0.0315. The molecule has 0 spiro atoms. The number of rotatable bonds is 2. The summed E-state index contributed by atoms with van der Waals surface area (Å²) in [7, 11) is 0. The van der Waals surface area contributed by atoms with Crippen LogP contribution in [0.5, 0.6) is 0 Å². The number of hydrogen-bond donors (Lipinski definition) is 2. The van der Waals surface area contributed by atoms with Crippen LogP contribution in [0.4, 0.5) is 0 Å². The van der Waals surface area contributed by atoms with Crippen molar-refractivity contribution in [3.8, 4) is 0 Å². The number of fused-ring (bicyclic) bond motifs is 1. The molecule has 1 saturated carbocycles. The van der Waals surface area contributed by atoms with Gasteiger partial charge in [-0.2, -0.15) is 5.10 Å². The fraction of sp³-hybridized carbons (Fsp3) is 0.500. The van der Waals surface area contributed by atoms with Crippen LogP contribution in [0.15, 0.2) is 29.2 Å². The van der Waals surface area contributed by atoms with Crippen LogP contribution in [-0.4, -0.2) is 69.3 Å². The van der Waals surface area contributed by atoms with Crippen molar-refractivity contribution < 1.29 is 9.90 Å². The number of aromatic amines is 1. The number of hydrogen-bond acceptors (Lipinski definition) is 5. The number of piperazine rings is 1. The van der Waals surface area contributed by atoms with Crippen LogP contribution < -0.4 is 5.56 Å².